The zero-order valence-corrected chi connectivity index (χ0v) is 12.5. The highest BCUT2D eigenvalue weighted by molar-refractivity contribution is 5.77. The molecule has 0 aromatic carbocycles. The number of carbonyl (C=O) groups is 1. The Hall–Kier alpha value is -0.650. The van der Waals surface area contributed by atoms with E-state index in [1.54, 1.807) is 0 Å². The molecule has 0 spiro atoms. The van der Waals surface area contributed by atoms with Gasteiger partial charge in [0.2, 0.25) is 5.91 Å². The fourth-order valence-corrected chi connectivity index (χ4v) is 3.20. The Kier molecular flexibility index (Phi) is 6.26. The summed E-state index contributed by atoms with van der Waals surface area (Å²) < 4.78 is 5.53. The van der Waals surface area contributed by atoms with Gasteiger partial charge in [0, 0.05) is 25.6 Å². The Morgan fingerprint density at radius 1 is 1.35 bits per heavy atom. The highest BCUT2D eigenvalue weighted by Gasteiger charge is 2.28. The van der Waals surface area contributed by atoms with Crippen molar-refractivity contribution in [3.05, 3.63) is 0 Å². The van der Waals surface area contributed by atoms with Crippen LogP contribution in [0.3, 0.4) is 0 Å². The van der Waals surface area contributed by atoms with Gasteiger partial charge >= 0.3 is 0 Å². The van der Waals surface area contributed by atoms with Crippen molar-refractivity contribution in [3.8, 4) is 0 Å². The minimum Gasteiger partial charge on any atom is -0.394 e. The molecule has 2 atom stereocenters. The molecule has 0 radical (unpaired) electrons. The normalized spacial score (nSPS) is 28.6. The molecule has 0 aromatic heterocycles. The van der Waals surface area contributed by atoms with Gasteiger partial charge in [0.15, 0.2) is 0 Å². The van der Waals surface area contributed by atoms with Crippen LogP contribution < -0.4 is 5.32 Å². The molecular weight excluding hydrogens is 256 g/mol. The van der Waals surface area contributed by atoms with E-state index >= 15 is 0 Å². The average Bonchev–Trinajstić information content (AvgIpc) is 2.48. The second kappa shape index (κ2) is 7.96. The van der Waals surface area contributed by atoms with Crippen LogP contribution in [0.5, 0.6) is 0 Å². The molecule has 2 aliphatic heterocycles. The summed E-state index contributed by atoms with van der Waals surface area (Å²) in [6.45, 7) is 5.33. The molecule has 1 amide bonds. The van der Waals surface area contributed by atoms with E-state index in [1.807, 2.05) is 4.90 Å². The molecular formula is C15H28N2O3. The molecule has 116 valence electrons. The summed E-state index contributed by atoms with van der Waals surface area (Å²) in [6.07, 6.45) is 5.06. The molecule has 0 aromatic rings. The Bertz CT molecular complexity index is 303. The zero-order chi connectivity index (χ0) is 14.4. The highest BCUT2D eigenvalue weighted by atomic mass is 16.5. The standard InChI is InChI=1S/C15H28N2O3/c1-12-3-2-6-16-14(12)11-15(19)17-7-4-13(5-8-17)20-10-9-18/h12-14,16,18H,2-11H2,1H3. The van der Waals surface area contributed by atoms with Crippen LogP contribution in [0.1, 0.15) is 39.0 Å². The van der Waals surface area contributed by atoms with Crippen LogP contribution in [0.25, 0.3) is 0 Å². The number of nitrogens with zero attached hydrogens (tertiary/aromatic N) is 1. The maximum atomic E-state index is 12.3. The summed E-state index contributed by atoms with van der Waals surface area (Å²) in [6, 6.07) is 0.347. The number of carbonyl (C=O) groups excluding carboxylic acids is 1. The lowest BCUT2D eigenvalue weighted by atomic mass is 9.90. The van der Waals surface area contributed by atoms with Crippen molar-refractivity contribution in [3.63, 3.8) is 0 Å². The Morgan fingerprint density at radius 2 is 2.10 bits per heavy atom. The first-order chi connectivity index (χ1) is 9.70. The molecule has 2 unspecified atom stereocenters. The number of nitrogens with one attached hydrogen (secondary N) is 1. The largest absolute Gasteiger partial charge is 0.394 e. The quantitative estimate of drug-likeness (QED) is 0.782. The first-order valence-corrected chi connectivity index (χ1v) is 7.94. The first-order valence-electron chi connectivity index (χ1n) is 7.94. The number of ether oxygens (including phenoxy) is 1. The Labute approximate surface area is 121 Å². The van der Waals surface area contributed by atoms with Gasteiger partial charge in [-0.05, 0) is 38.1 Å². The van der Waals surface area contributed by atoms with Crippen LogP contribution in [0.15, 0.2) is 0 Å². The maximum Gasteiger partial charge on any atom is 0.224 e. The van der Waals surface area contributed by atoms with E-state index in [4.69, 9.17) is 9.84 Å². The van der Waals surface area contributed by atoms with Gasteiger partial charge in [-0.15, -0.1) is 0 Å². The third-order valence-electron chi connectivity index (χ3n) is 4.56. The molecule has 0 bridgehead atoms. The van der Waals surface area contributed by atoms with Gasteiger partial charge < -0.3 is 20.1 Å². The van der Waals surface area contributed by atoms with Gasteiger partial charge in [-0.2, -0.15) is 0 Å². The number of hydrogen-bond donors (Lipinski definition) is 2. The Morgan fingerprint density at radius 3 is 2.75 bits per heavy atom. The van der Waals surface area contributed by atoms with E-state index in [9.17, 15) is 4.79 Å². The fourth-order valence-electron chi connectivity index (χ4n) is 3.20. The second-order valence-electron chi connectivity index (χ2n) is 6.06. The number of rotatable bonds is 5. The van der Waals surface area contributed by atoms with E-state index in [2.05, 4.69) is 12.2 Å². The minimum absolute atomic E-state index is 0.0738. The summed E-state index contributed by atoms with van der Waals surface area (Å²) in [7, 11) is 0. The Balaban J connectivity index is 1.71. The molecule has 20 heavy (non-hydrogen) atoms. The molecule has 0 aliphatic carbocycles. The molecule has 2 aliphatic rings. The fraction of sp³-hybridized carbons (Fsp3) is 0.933. The monoisotopic (exact) mass is 284 g/mol. The summed E-state index contributed by atoms with van der Waals surface area (Å²) >= 11 is 0. The third kappa shape index (κ3) is 4.43. The van der Waals surface area contributed by atoms with Crippen LogP contribution in [0.4, 0.5) is 0 Å². The molecule has 5 heteroatoms. The van der Waals surface area contributed by atoms with E-state index in [1.165, 1.54) is 12.8 Å². The summed E-state index contributed by atoms with van der Waals surface area (Å²) in [5.74, 6) is 0.870. The summed E-state index contributed by atoms with van der Waals surface area (Å²) in [5, 5.41) is 12.2. The predicted octanol–water partition coefficient (Wildman–Crippen LogP) is 0.765. The van der Waals surface area contributed by atoms with Crippen molar-refractivity contribution in [2.75, 3.05) is 32.8 Å². The lowest BCUT2D eigenvalue weighted by Gasteiger charge is -2.35. The lowest BCUT2D eigenvalue weighted by molar-refractivity contribution is -0.135. The van der Waals surface area contributed by atoms with Crippen LogP contribution >= 0.6 is 0 Å². The van der Waals surface area contributed by atoms with Gasteiger partial charge in [-0.25, -0.2) is 0 Å². The van der Waals surface area contributed by atoms with E-state index in [0.29, 0.717) is 25.0 Å². The van der Waals surface area contributed by atoms with Crippen LogP contribution in [-0.2, 0) is 9.53 Å². The first kappa shape index (κ1) is 15.7. The van der Waals surface area contributed by atoms with Gasteiger partial charge in [0.05, 0.1) is 19.3 Å². The van der Waals surface area contributed by atoms with E-state index in [-0.39, 0.29) is 18.6 Å². The SMILES string of the molecule is CC1CCCNC1CC(=O)N1CCC(OCCO)CC1. The van der Waals surface area contributed by atoms with Crippen molar-refractivity contribution >= 4 is 5.91 Å². The summed E-state index contributed by atoms with van der Waals surface area (Å²) in [4.78, 5) is 14.3. The molecule has 2 saturated heterocycles. The van der Waals surface area contributed by atoms with Crippen molar-refractivity contribution in [1.29, 1.82) is 0 Å². The predicted molar refractivity (Wildman–Crippen MR) is 77.4 cm³/mol. The molecule has 5 nitrogen and oxygen atoms in total. The van der Waals surface area contributed by atoms with Crippen LogP contribution in [-0.4, -0.2) is 60.9 Å². The van der Waals surface area contributed by atoms with Gasteiger partial charge in [0.25, 0.3) is 0 Å². The number of likely N-dealkylation sites (tertiary alicyclic amines) is 1. The van der Waals surface area contributed by atoms with Crippen molar-refractivity contribution < 1.29 is 14.6 Å². The number of aliphatic hydroxyl groups is 1. The second-order valence-corrected chi connectivity index (χ2v) is 6.06. The van der Waals surface area contributed by atoms with Gasteiger partial charge in [-0.1, -0.05) is 6.92 Å². The van der Waals surface area contributed by atoms with Gasteiger partial charge in [0.1, 0.15) is 0 Å². The van der Waals surface area contributed by atoms with Crippen LogP contribution in [0, 0.1) is 5.92 Å². The topological polar surface area (TPSA) is 61.8 Å². The average molecular weight is 284 g/mol. The van der Waals surface area contributed by atoms with Crippen molar-refractivity contribution in [2.45, 2.75) is 51.2 Å². The van der Waals surface area contributed by atoms with Crippen molar-refractivity contribution in [2.24, 2.45) is 5.92 Å². The van der Waals surface area contributed by atoms with Gasteiger partial charge in [-0.3, -0.25) is 4.79 Å². The highest BCUT2D eigenvalue weighted by Crippen LogP contribution is 2.20. The number of hydrogen-bond acceptors (Lipinski definition) is 4. The van der Waals surface area contributed by atoms with E-state index < -0.39 is 0 Å². The molecule has 2 N–H and O–H groups in total. The number of piperidine rings is 2. The third-order valence-corrected chi connectivity index (χ3v) is 4.56. The zero-order valence-electron chi connectivity index (χ0n) is 12.5. The number of amides is 1. The lowest BCUT2D eigenvalue weighted by Crippen LogP contribution is -2.47. The number of aliphatic hydroxyl groups excluding tert-OH is 1. The molecule has 0 saturated carbocycles. The van der Waals surface area contributed by atoms with Crippen LogP contribution in [0.2, 0.25) is 0 Å². The van der Waals surface area contributed by atoms with Crippen molar-refractivity contribution in [1.82, 2.24) is 10.2 Å². The smallest absolute Gasteiger partial charge is 0.224 e. The summed E-state index contributed by atoms with van der Waals surface area (Å²) in [5.41, 5.74) is 0. The van der Waals surface area contributed by atoms with E-state index in [0.717, 1.165) is 32.5 Å². The minimum atomic E-state index is 0.0738. The maximum absolute atomic E-state index is 12.3. The molecule has 2 rings (SSSR count). The molecule has 2 heterocycles. The molecule has 2 fully saturated rings.